The smallest absolute Gasteiger partial charge is 0.339 e. The third-order valence-electron chi connectivity index (χ3n) is 4.96. The zero-order valence-electron chi connectivity index (χ0n) is 18.0. The van der Waals surface area contributed by atoms with Crippen molar-refractivity contribution in [2.24, 2.45) is 0 Å². The van der Waals surface area contributed by atoms with Gasteiger partial charge in [-0.25, -0.2) is 9.59 Å². The number of aromatic amines is 1. The average Bonchev–Trinajstić information content (AvgIpc) is 3.06. The van der Waals surface area contributed by atoms with Crippen LogP contribution in [0.2, 0.25) is 0 Å². The number of aromatic nitrogens is 1. The van der Waals surface area contributed by atoms with E-state index in [0.29, 0.717) is 11.3 Å². The lowest BCUT2D eigenvalue weighted by atomic mass is 10.1. The number of rotatable bonds is 8. The quantitative estimate of drug-likeness (QED) is 0.370. The summed E-state index contributed by atoms with van der Waals surface area (Å²) in [6.45, 7) is 7.97. The molecular formula is C20H27N3O7. The first-order chi connectivity index (χ1) is 13.9. The summed E-state index contributed by atoms with van der Waals surface area (Å²) < 4.78 is 9.91. The molecule has 0 bridgehead atoms. The number of carbonyl (C=O) groups excluding carboxylic acids is 5. The van der Waals surface area contributed by atoms with Gasteiger partial charge >= 0.3 is 18.0 Å². The Balaban J connectivity index is 1.92. The number of ketones is 1. The minimum absolute atomic E-state index is 0.0642. The highest BCUT2D eigenvalue weighted by Gasteiger charge is 2.43. The monoisotopic (exact) mass is 421 g/mol. The summed E-state index contributed by atoms with van der Waals surface area (Å²) in [5.41, 5.74) is 0.393. The highest BCUT2D eigenvalue weighted by Crippen LogP contribution is 2.21. The maximum atomic E-state index is 12.7. The van der Waals surface area contributed by atoms with E-state index in [0.717, 1.165) is 4.90 Å². The van der Waals surface area contributed by atoms with Crippen molar-refractivity contribution in [3.05, 3.63) is 22.5 Å². The summed E-state index contributed by atoms with van der Waals surface area (Å²) >= 11 is 0. The van der Waals surface area contributed by atoms with Gasteiger partial charge in [-0.1, -0.05) is 0 Å². The number of amides is 3. The van der Waals surface area contributed by atoms with E-state index >= 15 is 0 Å². The van der Waals surface area contributed by atoms with Crippen molar-refractivity contribution < 1.29 is 33.4 Å². The van der Waals surface area contributed by atoms with Crippen LogP contribution in [0.1, 0.15) is 65.7 Å². The number of nitrogens with zero attached hydrogens (tertiary/aromatic N) is 1. The summed E-state index contributed by atoms with van der Waals surface area (Å²) in [6, 6.07) is -0.499. The van der Waals surface area contributed by atoms with E-state index in [-0.39, 0.29) is 36.6 Å². The maximum absolute atomic E-state index is 12.7. The molecule has 1 aromatic heterocycles. The number of nitrogens with one attached hydrogen (secondary N) is 2. The first-order valence-corrected chi connectivity index (χ1v) is 9.56. The SMILES string of the molecule is COC(=O)c1c(C)[nH]c(C(=O)[C@@H](C)OC(=O)CCCN2C(=O)NC(C)(C)C2=O)c1C. The number of Topliss-reactive ketones (excluding diaryl/α,β-unsaturated/α-hetero) is 1. The summed E-state index contributed by atoms with van der Waals surface area (Å²) in [7, 11) is 1.25. The number of hydrogen-bond acceptors (Lipinski definition) is 7. The van der Waals surface area contributed by atoms with Gasteiger partial charge in [-0.05, 0) is 46.6 Å². The van der Waals surface area contributed by atoms with Gasteiger partial charge in [0.15, 0.2) is 6.10 Å². The molecular weight excluding hydrogens is 394 g/mol. The Labute approximate surface area is 174 Å². The Kier molecular flexibility index (Phi) is 6.69. The third kappa shape index (κ3) is 4.52. The second kappa shape index (κ2) is 8.68. The number of H-pyrrole nitrogens is 1. The highest BCUT2D eigenvalue weighted by atomic mass is 16.5. The molecule has 164 valence electrons. The van der Waals surface area contributed by atoms with E-state index in [2.05, 4.69) is 10.3 Å². The first-order valence-electron chi connectivity index (χ1n) is 9.56. The van der Waals surface area contributed by atoms with Gasteiger partial charge in [-0.15, -0.1) is 0 Å². The largest absolute Gasteiger partial charge is 0.465 e. The van der Waals surface area contributed by atoms with Crippen molar-refractivity contribution in [1.82, 2.24) is 15.2 Å². The minimum atomic E-state index is -1.07. The number of methoxy groups -OCH3 is 1. The van der Waals surface area contributed by atoms with Crippen molar-refractivity contribution in [2.75, 3.05) is 13.7 Å². The van der Waals surface area contributed by atoms with Crippen molar-refractivity contribution in [3.63, 3.8) is 0 Å². The molecule has 2 rings (SSSR count). The molecule has 30 heavy (non-hydrogen) atoms. The molecule has 0 radical (unpaired) electrons. The van der Waals surface area contributed by atoms with Crippen LogP contribution < -0.4 is 5.32 Å². The van der Waals surface area contributed by atoms with Gasteiger partial charge in [-0.2, -0.15) is 0 Å². The number of esters is 2. The van der Waals surface area contributed by atoms with Gasteiger partial charge in [-0.3, -0.25) is 19.3 Å². The zero-order chi connectivity index (χ0) is 22.8. The van der Waals surface area contributed by atoms with E-state index in [4.69, 9.17) is 9.47 Å². The molecule has 1 aliphatic heterocycles. The molecule has 10 nitrogen and oxygen atoms in total. The predicted molar refractivity (Wildman–Crippen MR) is 105 cm³/mol. The minimum Gasteiger partial charge on any atom is -0.465 e. The van der Waals surface area contributed by atoms with Gasteiger partial charge in [0.1, 0.15) is 5.54 Å². The maximum Gasteiger partial charge on any atom is 0.339 e. The van der Waals surface area contributed by atoms with Crippen molar-refractivity contribution in [2.45, 2.75) is 59.1 Å². The molecule has 1 aliphatic rings. The Bertz CT molecular complexity index is 900. The second-order valence-corrected chi connectivity index (χ2v) is 7.73. The number of carbonyl (C=O) groups is 5. The van der Waals surface area contributed by atoms with Gasteiger partial charge in [0.25, 0.3) is 5.91 Å². The number of ether oxygens (including phenoxy) is 2. The topological polar surface area (TPSA) is 135 Å². The Morgan fingerprint density at radius 3 is 2.33 bits per heavy atom. The van der Waals surface area contributed by atoms with E-state index in [9.17, 15) is 24.0 Å². The summed E-state index contributed by atoms with van der Waals surface area (Å²) in [6.07, 6.45) is -0.928. The van der Waals surface area contributed by atoms with Crippen LogP contribution >= 0.6 is 0 Å². The van der Waals surface area contributed by atoms with Gasteiger partial charge in [0.05, 0.1) is 18.4 Å². The van der Waals surface area contributed by atoms with Crippen LogP contribution in [0.15, 0.2) is 0 Å². The second-order valence-electron chi connectivity index (χ2n) is 7.73. The van der Waals surface area contributed by atoms with Crippen LogP contribution in [0.4, 0.5) is 4.79 Å². The normalized spacial score (nSPS) is 16.3. The molecule has 2 N–H and O–H groups in total. The summed E-state index contributed by atoms with van der Waals surface area (Å²) in [5.74, 6) is -2.02. The fraction of sp³-hybridized carbons (Fsp3) is 0.550. The van der Waals surface area contributed by atoms with E-state index < -0.39 is 35.4 Å². The highest BCUT2D eigenvalue weighted by molar-refractivity contribution is 6.06. The fourth-order valence-electron chi connectivity index (χ4n) is 3.32. The molecule has 1 saturated heterocycles. The van der Waals surface area contributed by atoms with Gasteiger partial charge in [0.2, 0.25) is 5.78 Å². The zero-order valence-corrected chi connectivity index (χ0v) is 18.0. The standard InChI is InChI=1S/C20H27N3O7/c1-10-14(17(26)29-6)11(2)21-15(10)16(25)12(3)30-13(24)8-7-9-23-18(27)20(4,5)22-19(23)28/h12,21H,7-9H2,1-6H3,(H,22,28)/t12-/m1/s1. The number of urea groups is 1. The fourth-order valence-corrected chi connectivity index (χ4v) is 3.32. The molecule has 3 amide bonds. The van der Waals surface area contributed by atoms with E-state index in [1.165, 1.54) is 14.0 Å². The Morgan fingerprint density at radius 1 is 1.17 bits per heavy atom. The van der Waals surface area contributed by atoms with Crippen LogP contribution in [-0.4, -0.2) is 64.8 Å². The van der Waals surface area contributed by atoms with E-state index in [1.807, 2.05) is 0 Å². The van der Waals surface area contributed by atoms with Crippen LogP contribution in [0, 0.1) is 13.8 Å². The van der Waals surface area contributed by atoms with Crippen molar-refractivity contribution >= 4 is 29.7 Å². The molecule has 0 aliphatic carbocycles. The van der Waals surface area contributed by atoms with Crippen LogP contribution in [-0.2, 0) is 19.1 Å². The molecule has 1 aromatic rings. The number of hydrogen-bond donors (Lipinski definition) is 2. The lowest BCUT2D eigenvalue weighted by Crippen LogP contribution is -2.40. The Hall–Kier alpha value is -3.17. The lowest BCUT2D eigenvalue weighted by molar-refractivity contribution is -0.146. The van der Waals surface area contributed by atoms with Crippen molar-refractivity contribution in [1.29, 1.82) is 0 Å². The summed E-state index contributed by atoms with van der Waals surface area (Å²) in [5, 5.41) is 2.56. The van der Waals surface area contributed by atoms with Crippen LogP contribution in [0.3, 0.4) is 0 Å². The Morgan fingerprint density at radius 2 is 1.80 bits per heavy atom. The van der Waals surface area contributed by atoms with E-state index in [1.54, 1.807) is 27.7 Å². The molecule has 2 heterocycles. The third-order valence-corrected chi connectivity index (χ3v) is 4.96. The summed E-state index contributed by atoms with van der Waals surface area (Å²) in [4.78, 5) is 64.5. The molecule has 0 spiro atoms. The van der Waals surface area contributed by atoms with Crippen LogP contribution in [0.5, 0.6) is 0 Å². The molecule has 1 atom stereocenters. The van der Waals surface area contributed by atoms with Crippen LogP contribution in [0.25, 0.3) is 0 Å². The predicted octanol–water partition coefficient (Wildman–Crippen LogP) is 1.64. The molecule has 0 saturated carbocycles. The van der Waals surface area contributed by atoms with Gasteiger partial charge < -0.3 is 19.8 Å². The lowest BCUT2D eigenvalue weighted by Gasteiger charge is -2.16. The molecule has 10 heteroatoms. The number of imide groups is 1. The first kappa shape index (κ1) is 23.1. The van der Waals surface area contributed by atoms with Crippen molar-refractivity contribution in [3.8, 4) is 0 Å². The molecule has 0 aromatic carbocycles. The molecule has 0 unspecified atom stereocenters. The number of aryl methyl sites for hydroxylation is 1. The average molecular weight is 421 g/mol. The molecule has 1 fully saturated rings. The van der Waals surface area contributed by atoms with Gasteiger partial charge in [0, 0.05) is 18.7 Å².